The van der Waals surface area contributed by atoms with E-state index >= 15 is 0 Å². The molecule has 2 aromatic carbocycles. The number of amides is 1. The third-order valence-electron chi connectivity index (χ3n) is 3.65. The number of fused-ring (bicyclic) bond motifs is 1. The number of nitrogens with one attached hydrogen (secondary N) is 1. The molecule has 0 bridgehead atoms. The predicted molar refractivity (Wildman–Crippen MR) is 96.6 cm³/mol. The third kappa shape index (κ3) is 4.12. The van der Waals surface area contributed by atoms with Crippen molar-refractivity contribution in [1.82, 2.24) is 9.97 Å². The lowest BCUT2D eigenvalue weighted by Gasteiger charge is -2.11. The van der Waals surface area contributed by atoms with E-state index in [9.17, 15) is 9.18 Å². The molecule has 0 aliphatic carbocycles. The van der Waals surface area contributed by atoms with Crippen LogP contribution in [0.1, 0.15) is 6.92 Å². The highest BCUT2D eigenvalue weighted by Gasteiger charge is 2.12. The van der Waals surface area contributed by atoms with Crippen LogP contribution in [0.25, 0.3) is 22.0 Å². The molecule has 0 fully saturated rings. The molecule has 26 heavy (non-hydrogen) atoms. The van der Waals surface area contributed by atoms with Crippen LogP contribution in [0.4, 0.5) is 10.3 Å². The zero-order valence-electron chi connectivity index (χ0n) is 14.5. The van der Waals surface area contributed by atoms with Crippen LogP contribution in [0.3, 0.4) is 0 Å². The van der Waals surface area contributed by atoms with Crippen LogP contribution in [-0.4, -0.2) is 36.2 Å². The fourth-order valence-electron chi connectivity index (χ4n) is 2.47. The van der Waals surface area contributed by atoms with Gasteiger partial charge < -0.3 is 9.47 Å². The number of ether oxygens (including phenoxy) is 2. The monoisotopic (exact) mass is 355 g/mol. The molecule has 0 saturated carbocycles. The predicted octanol–water partition coefficient (Wildman–Crippen LogP) is 3.42. The lowest BCUT2D eigenvalue weighted by atomic mass is 10.0. The number of aromatic nitrogens is 2. The van der Waals surface area contributed by atoms with Gasteiger partial charge in [0.05, 0.1) is 17.5 Å². The molecule has 0 saturated heterocycles. The van der Waals surface area contributed by atoms with E-state index in [0.717, 1.165) is 11.1 Å². The standard InChI is InChI=1S/C19H18FN3O3/c1-12(24)21-19-22-17-8-5-14(13-3-6-15(20)7-4-13)11-16(17)18(23-19)26-10-9-25-2/h3-8,11H,9-10H2,1-2H3,(H,21,22,23,24). The van der Waals surface area contributed by atoms with E-state index in [1.165, 1.54) is 19.1 Å². The van der Waals surface area contributed by atoms with E-state index in [0.29, 0.717) is 30.0 Å². The highest BCUT2D eigenvalue weighted by molar-refractivity contribution is 5.92. The molecule has 1 amide bonds. The van der Waals surface area contributed by atoms with Crippen molar-refractivity contribution in [2.75, 3.05) is 25.6 Å². The summed E-state index contributed by atoms with van der Waals surface area (Å²) in [6.07, 6.45) is 0. The van der Waals surface area contributed by atoms with E-state index in [4.69, 9.17) is 9.47 Å². The lowest BCUT2D eigenvalue weighted by molar-refractivity contribution is -0.114. The van der Waals surface area contributed by atoms with Gasteiger partial charge in [-0.15, -0.1) is 0 Å². The van der Waals surface area contributed by atoms with Crippen molar-refractivity contribution in [2.45, 2.75) is 6.92 Å². The van der Waals surface area contributed by atoms with Crippen molar-refractivity contribution < 1.29 is 18.7 Å². The minimum atomic E-state index is -0.290. The number of rotatable bonds is 6. The molecule has 6 nitrogen and oxygen atoms in total. The van der Waals surface area contributed by atoms with Crippen LogP contribution in [0.5, 0.6) is 5.88 Å². The molecule has 1 heterocycles. The van der Waals surface area contributed by atoms with E-state index < -0.39 is 0 Å². The minimum Gasteiger partial charge on any atom is -0.475 e. The number of carbonyl (C=O) groups excluding carboxylic acids is 1. The molecule has 3 rings (SSSR count). The Balaban J connectivity index is 2.05. The highest BCUT2D eigenvalue weighted by atomic mass is 19.1. The van der Waals surface area contributed by atoms with Crippen molar-refractivity contribution in [1.29, 1.82) is 0 Å². The Labute approximate surface area is 150 Å². The first-order valence-electron chi connectivity index (χ1n) is 8.04. The normalized spacial score (nSPS) is 10.7. The van der Waals surface area contributed by atoms with Crippen LogP contribution in [0, 0.1) is 5.82 Å². The van der Waals surface area contributed by atoms with E-state index in [-0.39, 0.29) is 17.7 Å². The van der Waals surface area contributed by atoms with Crippen LogP contribution >= 0.6 is 0 Å². The van der Waals surface area contributed by atoms with Crippen molar-refractivity contribution in [3.63, 3.8) is 0 Å². The van der Waals surface area contributed by atoms with Crippen molar-refractivity contribution >= 4 is 22.8 Å². The number of hydrogen-bond donors (Lipinski definition) is 1. The summed E-state index contributed by atoms with van der Waals surface area (Å²) in [4.78, 5) is 19.9. The zero-order valence-corrected chi connectivity index (χ0v) is 14.5. The molecular formula is C19H18FN3O3. The fourth-order valence-corrected chi connectivity index (χ4v) is 2.47. The van der Waals surface area contributed by atoms with Crippen LogP contribution < -0.4 is 10.1 Å². The van der Waals surface area contributed by atoms with E-state index in [2.05, 4.69) is 15.3 Å². The van der Waals surface area contributed by atoms with Gasteiger partial charge in [-0.2, -0.15) is 4.98 Å². The van der Waals surface area contributed by atoms with Gasteiger partial charge in [0.15, 0.2) is 0 Å². The Morgan fingerprint density at radius 2 is 1.81 bits per heavy atom. The Morgan fingerprint density at radius 1 is 1.08 bits per heavy atom. The Kier molecular flexibility index (Phi) is 5.38. The molecule has 0 spiro atoms. The van der Waals surface area contributed by atoms with E-state index in [1.54, 1.807) is 19.2 Å². The number of carbonyl (C=O) groups is 1. The van der Waals surface area contributed by atoms with Crippen LogP contribution in [0.15, 0.2) is 42.5 Å². The maximum absolute atomic E-state index is 13.2. The van der Waals surface area contributed by atoms with E-state index in [1.807, 2.05) is 18.2 Å². The number of halogens is 1. The second-order valence-electron chi connectivity index (χ2n) is 5.61. The summed E-state index contributed by atoms with van der Waals surface area (Å²) in [5, 5.41) is 3.26. The Bertz CT molecular complexity index is 929. The largest absolute Gasteiger partial charge is 0.475 e. The first-order chi connectivity index (χ1) is 12.6. The lowest BCUT2D eigenvalue weighted by Crippen LogP contribution is -2.12. The molecule has 1 N–H and O–H groups in total. The van der Waals surface area contributed by atoms with Crippen molar-refractivity contribution in [3.05, 3.63) is 48.3 Å². The molecule has 3 aromatic rings. The maximum Gasteiger partial charge on any atom is 0.233 e. The van der Waals surface area contributed by atoms with Crippen LogP contribution in [-0.2, 0) is 9.53 Å². The average Bonchev–Trinajstić information content (AvgIpc) is 2.62. The smallest absolute Gasteiger partial charge is 0.233 e. The number of hydrogen-bond acceptors (Lipinski definition) is 5. The van der Waals surface area contributed by atoms with Gasteiger partial charge in [0.1, 0.15) is 12.4 Å². The van der Waals surface area contributed by atoms with Gasteiger partial charge >= 0.3 is 0 Å². The summed E-state index contributed by atoms with van der Waals surface area (Å²) in [5.41, 5.74) is 2.37. The molecule has 0 atom stereocenters. The maximum atomic E-state index is 13.2. The van der Waals surface area contributed by atoms with Crippen molar-refractivity contribution in [3.8, 4) is 17.0 Å². The third-order valence-corrected chi connectivity index (χ3v) is 3.65. The summed E-state index contributed by atoms with van der Waals surface area (Å²) in [6.45, 7) is 2.10. The quantitative estimate of drug-likeness (QED) is 0.686. The number of benzene rings is 2. The first kappa shape index (κ1) is 17.8. The molecule has 1 aromatic heterocycles. The van der Waals surface area contributed by atoms with Crippen LogP contribution in [0.2, 0.25) is 0 Å². The Morgan fingerprint density at radius 3 is 2.50 bits per heavy atom. The van der Waals surface area contributed by atoms with Gasteiger partial charge in [-0.1, -0.05) is 18.2 Å². The topological polar surface area (TPSA) is 73.3 Å². The second-order valence-corrected chi connectivity index (χ2v) is 5.61. The zero-order chi connectivity index (χ0) is 18.5. The molecule has 0 radical (unpaired) electrons. The Hall–Kier alpha value is -3.06. The number of anilines is 1. The summed E-state index contributed by atoms with van der Waals surface area (Å²) in [7, 11) is 1.58. The fraction of sp³-hybridized carbons (Fsp3) is 0.211. The van der Waals surface area contributed by atoms with Gasteiger partial charge in [-0.3, -0.25) is 10.1 Å². The first-order valence-corrected chi connectivity index (χ1v) is 8.04. The highest BCUT2D eigenvalue weighted by Crippen LogP contribution is 2.29. The van der Waals surface area contributed by atoms with Gasteiger partial charge in [-0.25, -0.2) is 9.37 Å². The van der Waals surface area contributed by atoms with Gasteiger partial charge in [0, 0.05) is 14.0 Å². The molecule has 0 aliphatic heterocycles. The SMILES string of the molecule is COCCOc1nc(NC(C)=O)nc2ccc(-c3ccc(F)cc3)cc12. The average molecular weight is 355 g/mol. The molecule has 0 unspecified atom stereocenters. The molecule has 0 aliphatic rings. The minimum absolute atomic E-state index is 0.173. The van der Waals surface area contributed by atoms with Gasteiger partial charge in [-0.05, 0) is 35.4 Å². The number of nitrogens with zero attached hydrogens (tertiary/aromatic N) is 2. The summed E-state index contributed by atoms with van der Waals surface area (Å²) >= 11 is 0. The van der Waals surface area contributed by atoms with Crippen molar-refractivity contribution in [2.24, 2.45) is 0 Å². The number of methoxy groups -OCH3 is 1. The molecule has 134 valence electrons. The van der Waals surface area contributed by atoms with Gasteiger partial charge in [0.25, 0.3) is 0 Å². The second kappa shape index (κ2) is 7.88. The summed E-state index contributed by atoms with van der Waals surface area (Å²) < 4.78 is 23.9. The summed E-state index contributed by atoms with van der Waals surface area (Å²) in [5.74, 6) is -0.0387. The summed E-state index contributed by atoms with van der Waals surface area (Å²) in [6, 6.07) is 11.8. The molecule has 7 heteroatoms. The molecular weight excluding hydrogens is 337 g/mol. The van der Waals surface area contributed by atoms with Gasteiger partial charge in [0.2, 0.25) is 17.7 Å².